The zero-order chi connectivity index (χ0) is 11.0. The average Bonchev–Trinajstić information content (AvgIpc) is 2.72. The van der Waals surface area contributed by atoms with Crippen LogP contribution in [0.3, 0.4) is 0 Å². The molecule has 4 nitrogen and oxygen atoms in total. The van der Waals surface area contributed by atoms with Gasteiger partial charge in [-0.1, -0.05) is 0 Å². The van der Waals surface area contributed by atoms with Gasteiger partial charge in [-0.05, 0) is 12.1 Å². The van der Waals surface area contributed by atoms with Crippen LogP contribution >= 0.6 is 0 Å². The molecule has 0 bridgehead atoms. The highest BCUT2D eigenvalue weighted by atomic mass is 15.2. The summed E-state index contributed by atoms with van der Waals surface area (Å²) in [6.07, 6.45) is 4.03. The second-order valence-corrected chi connectivity index (χ2v) is 4.26. The smallest absolute Gasteiger partial charge is 0.0882 e. The standard InChI is InChI=1S/C12H16N4/c1-15-5-2-11-12(15)8-10(9-14-11)16-6-3-13-4-7-16/h2,5,8-9,13H,3-4,6-7H2,1H3. The van der Waals surface area contributed by atoms with E-state index in [4.69, 9.17) is 0 Å². The molecule has 1 aliphatic rings. The van der Waals surface area contributed by atoms with Gasteiger partial charge in [0.15, 0.2) is 0 Å². The molecular formula is C12H16N4. The third-order valence-electron chi connectivity index (χ3n) is 3.20. The van der Waals surface area contributed by atoms with E-state index in [1.807, 2.05) is 6.20 Å². The lowest BCUT2D eigenvalue weighted by atomic mass is 10.3. The van der Waals surface area contributed by atoms with Crippen molar-refractivity contribution in [2.45, 2.75) is 0 Å². The van der Waals surface area contributed by atoms with Crippen LogP contribution in [0.4, 0.5) is 5.69 Å². The zero-order valence-electron chi connectivity index (χ0n) is 9.48. The van der Waals surface area contributed by atoms with Gasteiger partial charge in [0.05, 0.1) is 22.9 Å². The van der Waals surface area contributed by atoms with Gasteiger partial charge in [-0.25, -0.2) is 0 Å². The molecule has 0 saturated carbocycles. The summed E-state index contributed by atoms with van der Waals surface area (Å²) in [6, 6.07) is 4.28. The van der Waals surface area contributed by atoms with E-state index in [1.54, 1.807) is 0 Å². The van der Waals surface area contributed by atoms with Gasteiger partial charge in [0, 0.05) is 39.4 Å². The molecule has 16 heavy (non-hydrogen) atoms. The number of pyridine rings is 1. The minimum Gasteiger partial charge on any atom is -0.368 e. The van der Waals surface area contributed by atoms with Gasteiger partial charge in [0.25, 0.3) is 0 Å². The molecular weight excluding hydrogens is 200 g/mol. The lowest BCUT2D eigenvalue weighted by Crippen LogP contribution is -2.43. The quantitative estimate of drug-likeness (QED) is 0.771. The minimum absolute atomic E-state index is 1.06. The van der Waals surface area contributed by atoms with Gasteiger partial charge in [-0.15, -0.1) is 0 Å². The van der Waals surface area contributed by atoms with Crippen molar-refractivity contribution in [2.75, 3.05) is 31.1 Å². The van der Waals surface area contributed by atoms with Crippen molar-refractivity contribution in [3.8, 4) is 0 Å². The molecule has 0 atom stereocenters. The number of rotatable bonds is 1. The van der Waals surface area contributed by atoms with E-state index in [0.29, 0.717) is 0 Å². The normalized spacial score (nSPS) is 16.9. The summed E-state index contributed by atoms with van der Waals surface area (Å²) in [5.74, 6) is 0. The van der Waals surface area contributed by atoms with E-state index in [-0.39, 0.29) is 0 Å². The molecule has 3 heterocycles. The third kappa shape index (κ3) is 1.55. The first-order valence-electron chi connectivity index (χ1n) is 5.71. The molecule has 4 heteroatoms. The molecule has 0 spiro atoms. The van der Waals surface area contributed by atoms with Crippen LogP contribution in [-0.2, 0) is 7.05 Å². The Morgan fingerprint density at radius 3 is 2.94 bits per heavy atom. The zero-order valence-corrected chi connectivity index (χ0v) is 9.48. The SMILES string of the molecule is Cn1ccc2ncc(N3CCNCC3)cc21. The number of anilines is 1. The number of hydrogen-bond acceptors (Lipinski definition) is 3. The Morgan fingerprint density at radius 1 is 1.31 bits per heavy atom. The fourth-order valence-electron chi connectivity index (χ4n) is 2.22. The summed E-state index contributed by atoms with van der Waals surface area (Å²) >= 11 is 0. The molecule has 84 valence electrons. The summed E-state index contributed by atoms with van der Waals surface area (Å²) in [5, 5.41) is 3.36. The monoisotopic (exact) mass is 216 g/mol. The first-order chi connectivity index (χ1) is 7.84. The molecule has 2 aromatic heterocycles. The number of nitrogens with one attached hydrogen (secondary N) is 1. The maximum Gasteiger partial charge on any atom is 0.0882 e. The number of aryl methyl sites for hydroxylation is 1. The molecule has 1 aliphatic heterocycles. The van der Waals surface area contributed by atoms with Crippen molar-refractivity contribution < 1.29 is 0 Å². The summed E-state index contributed by atoms with van der Waals surface area (Å²) in [7, 11) is 2.06. The van der Waals surface area contributed by atoms with Gasteiger partial charge in [0.2, 0.25) is 0 Å². The third-order valence-corrected chi connectivity index (χ3v) is 3.20. The second kappa shape index (κ2) is 3.79. The van der Waals surface area contributed by atoms with E-state index < -0.39 is 0 Å². The Labute approximate surface area is 94.9 Å². The average molecular weight is 216 g/mol. The molecule has 0 radical (unpaired) electrons. The number of nitrogens with zero attached hydrogens (tertiary/aromatic N) is 3. The van der Waals surface area contributed by atoms with Crippen molar-refractivity contribution in [3.05, 3.63) is 24.5 Å². The van der Waals surface area contributed by atoms with Gasteiger partial charge in [0.1, 0.15) is 0 Å². The van der Waals surface area contributed by atoms with Crippen molar-refractivity contribution in [2.24, 2.45) is 7.05 Å². The topological polar surface area (TPSA) is 33.1 Å². The van der Waals surface area contributed by atoms with Crippen LogP contribution in [0.25, 0.3) is 11.0 Å². The van der Waals surface area contributed by atoms with Crippen LogP contribution in [-0.4, -0.2) is 35.7 Å². The van der Waals surface area contributed by atoms with E-state index in [9.17, 15) is 0 Å². The minimum atomic E-state index is 1.06. The Balaban J connectivity index is 1.99. The first kappa shape index (κ1) is 9.66. The van der Waals surface area contributed by atoms with Gasteiger partial charge < -0.3 is 14.8 Å². The van der Waals surface area contributed by atoms with Crippen LogP contribution in [0.15, 0.2) is 24.5 Å². The van der Waals surface area contributed by atoms with Crippen LogP contribution in [0, 0.1) is 0 Å². The number of hydrogen-bond donors (Lipinski definition) is 1. The summed E-state index contributed by atoms with van der Waals surface area (Å²) in [5.41, 5.74) is 3.51. The Bertz CT molecular complexity index is 497. The van der Waals surface area contributed by atoms with Gasteiger partial charge in [-0.2, -0.15) is 0 Å². The molecule has 0 aromatic carbocycles. The van der Waals surface area contributed by atoms with Crippen LogP contribution in [0.1, 0.15) is 0 Å². The predicted octanol–water partition coefficient (Wildman–Crippen LogP) is 0.983. The Kier molecular flexibility index (Phi) is 2.29. The molecule has 1 saturated heterocycles. The molecule has 3 rings (SSSR count). The maximum atomic E-state index is 4.49. The highest BCUT2D eigenvalue weighted by molar-refractivity contribution is 5.79. The summed E-state index contributed by atoms with van der Waals surface area (Å²) in [4.78, 5) is 6.88. The predicted molar refractivity (Wildman–Crippen MR) is 65.8 cm³/mol. The molecule has 1 N–H and O–H groups in total. The molecule has 1 fully saturated rings. The fraction of sp³-hybridized carbons (Fsp3) is 0.417. The number of fused-ring (bicyclic) bond motifs is 1. The van der Waals surface area contributed by atoms with E-state index in [1.165, 1.54) is 11.2 Å². The van der Waals surface area contributed by atoms with Crippen LogP contribution in [0.2, 0.25) is 0 Å². The Hall–Kier alpha value is -1.55. The molecule has 2 aromatic rings. The van der Waals surface area contributed by atoms with Crippen LogP contribution < -0.4 is 10.2 Å². The molecule has 0 aliphatic carbocycles. The van der Waals surface area contributed by atoms with E-state index in [2.05, 4.69) is 45.1 Å². The lowest BCUT2D eigenvalue weighted by molar-refractivity contribution is 0.589. The van der Waals surface area contributed by atoms with E-state index in [0.717, 1.165) is 31.7 Å². The highest BCUT2D eigenvalue weighted by Gasteiger charge is 2.11. The highest BCUT2D eigenvalue weighted by Crippen LogP contribution is 2.20. The summed E-state index contributed by atoms with van der Waals surface area (Å²) in [6.45, 7) is 4.26. The van der Waals surface area contributed by atoms with E-state index >= 15 is 0 Å². The van der Waals surface area contributed by atoms with Crippen LogP contribution in [0.5, 0.6) is 0 Å². The van der Waals surface area contributed by atoms with Gasteiger partial charge in [-0.3, -0.25) is 4.98 Å². The van der Waals surface area contributed by atoms with Gasteiger partial charge >= 0.3 is 0 Å². The molecule has 0 unspecified atom stereocenters. The second-order valence-electron chi connectivity index (χ2n) is 4.26. The van der Waals surface area contributed by atoms with Crippen molar-refractivity contribution in [3.63, 3.8) is 0 Å². The Morgan fingerprint density at radius 2 is 2.12 bits per heavy atom. The lowest BCUT2D eigenvalue weighted by Gasteiger charge is -2.29. The maximum absolute atomic E-state index is 4.49. The van der Waals surface area contributed by atoms with Crippen molar-refractivity contribution in [1.82, 2.24) is 14.9 Å². The molecule has 0 amide bonds. The van der Waals surface area contributed by atoms with Crippen molar-refractivity contribution >= 4 is 16.7 Å². The number of piperazine rings is 1. The van der Waals surface area contributed by atoms with Crippen molar-refractivity contribution in [1.29, 1.82) is 0 Å². The summed E-state index contributed by atoms with van der Waals surface area (Å²) < 4.78 is 2.12. The fourth-order valence-corrected chi connectivity index (χ4v) is 2.22. The first-order valence-corrected chi connectivity index (χ1v) is 5.71. The number of aromatic nitrogens is 2. The largest absolute Gasteiger partial charge is 0.368 e.